The van der Waals surface area contributed by atoms with Crippen LogP contribution < -0.4 is 5.73 Å². The lowest BCUT2D eigenvalue weighted by molar-refractivity contribution is -0.163. The average molecular weight is 546 g/mol. The predicted molar refractivity (Wildman–Crippen MR) is 140 cm³/mol. The van der Waals surface area contributed by atoms with Crippen LogP contribution >= 0.6 is 0 Å². The number of carbonyl (C=O) groups excluding carboxylic acids is 2. The molecule has 3 heterocycles. The van der Waals surface area contributed by atoms with Gasteiger partial charge in [-0.1, -0.05) is 52.5 Å². The van der Waals surface area contributed by atoms with Crippen LogP contribution in [0.25, 0.3) is 11.2 Å². The van der Waals surface area contributed by atoms with Crippen molar-refractivity contribution in [3.63, 3.8) is 0 Å². The minimum Gasteiger partial charge on any atom is -0.458 e. The number of halogens is 1. The number of allylic oxidation sites excluding steroid dienone is 1. The summed E-state index contributed by atoms with van der Waals surface area (Å²) in [4.78, 5) is 36.4. The molecule has 11 nitrogen and oxygen atoms in total. The van der Waals surface area contributed by atoms with Gasteiger partial charge in [0.25, 0.3) is 0 Å². The van der Waals surface area contributed by atoms with Crippen molar-refractivity contribution in [3.8, 4) is 12.3 Å². The number of hydrogen-bond donors (Lipinski definition) is 1. The van der Waals surface area contributed by atoms with E-state index in [1.807, 2.05) is 6.08 Å². The summed E-state index contributed by atoms with van der Waals surface area (Å²) in [5.41, 5.74) is 4.34. The first-order chi connectivity index (χ1) is 18.5. The van der Waals surface area contributed by atoms with Crippen molar-refractivity contribution in [2.24, 2.45) is 11.3 Å². The second-order valence-electron chi connectivity index (χ2n) is 9.96. The minimum atomic E-state index is -1.65. The molecule has 0 spiro atoms. The number of nitrogen functional groups attached to an aromatic ring is 1. The lowest BCUT2D eigenvalue weighted by Crippen LogP contribution is -2.46. The maximum absolute atomic E-state index is 13.9. The third-order valence-corrected chi connectivity index (χ3v) is 7.32. The third kappa shape index (κ3) is 6.47. The number of hydrogen-bond acceptors (Lipinski definition) is 10. The molecule has 1 saturated heterocycles. The first-order valence-electron chi connectivity index (χ1n) is 13.0. The van der Waals surface area contributed by atoms with E-state index in [2.05, 4.69) is 41.3 Å². The lowest BCUT2D eigenvalue weighted by Gasteiger charge is -2.30. The fourth-order valence-electron chi connectivity index (χ4n) is 4.61. The molecule has 1 fully saturated rings. The Morgan fingerprint density at radius 2 is 2.10 bits per heavy atom. The number of esters is 1. The summed E-state index contributed by atoms with van der Waals surface area (Å²) < 4.78 is 37.8. The molecule has 3 rings (SSSR count). The summed E-state index contributed by atoms with van der Waals surface area (Å²) in [5.74, 6) is 1.39. The van der Waals surface area contributed by atoms with E-state index in [-0.39, 0.29) is 35.4 Å². The number of rotatable bonds is 12. The van der Waals surface area contributed by atoms with Gasteiger partial charge in [-0.05, 0) is 18.3 Å². The Balaban J connectivity index is 1.77. The normalized spacial score (nSPS) is 21.1. The molecule has 2 aromatic heterocycles. The molecule has 212 valence electrons. The Morgan fingerprint density at radius 3 is 2.72 bits per heavy atom. The molecule has 1 aliphatic heterocycles. The highest BCUT2D eigenvalue weighted by Crippen LogP contribution is 2.40. The fraction of sp³-hybridized carbons (Fsp3) is 0.593. The Hall–Kier alpha value is -3.72. The van der Waals surface area contributed by atoms with Gasteiger partial charge in [0.05, 0.1) is 18.9 Å². The molecule has 2 N–H and O–H groups in total. The van der Waals surface area contributed by atoms with Gasteiger partial charge in [0.15, 0.2) is 17.0 Å². The lowest BCUT2D eigenvalue weighted by atomic mass is 9.77. The Labute approximate surface area is 227 Å². The molecule has 0 radical (unpaired) electrons. The molecule has 0 aliphatic carbocycles. The Bertz CT molecular complexity index is 1240. The number of nitrogens with zero attached hydrogens (tertiary/aromatic N) is 4. The predicted octanol–water partition coefficient (Wildman–Crippen LogP) is 4.33. The highest BCUT2D eigenvalue weighted by molar-refractivity contribution is 5.81. The largest absolute Gasteiger partial charge is 0.508 e. The minimum absolute atomic E-state index is 0.0139. The van der Waals surface area contributed by atoms with Gasteiger partial charge in [0, 0.05) is 6.42 Å². The molecular formula is C27H36FN5O6. The van der Waals surface area contributed by atoms with Gasteiger partial charge in [-0.15, -0.1) is 13.0 Å². The zero-order chi connectivity index (χ0) is 28.8. The van der Waals surface area contributed by atoms with Crippen LogP contribution in [0.5, 0.6) is 0 Å². The zero-order valence-electron chi connectivity index (χ0n) is 22.8. The van der Waals surface area contributed by atoms with Crippen LogP contribution in [0.15, 0.2) is 19.0 Å². The molecule has 12 heteroatoms. The quantitative estimate of drug-likeness (QED) is 0.177. The van der Waals surface area contributed by atoms with Crippen LogP contribution in [-0.2, 0) is 23.7 Å². The summed E-state index contributed by atoms with van der Waals surface area (Å²) in [6, 6.07) is 0. The highest BCUT2D eigenvalue weighted by Gasteiger charge is 2.52. The van der Waals surface area contributed by atoms with Crippen molar-refractivity contribution in [2.75, 3.05) is 18.9 Å². The SMILES string of the molecule is C#C[C@]1(COC(=O)OCCC(CC)(CC)CC=C)O[C@@H](n2cnc3c(N)nc(F)nc32)C[C@@H]1OC(=O)C(C)C. The van der Waals surface area contributed by atoms with Crippen molar-refractivity contribution in [1.29, 1.82) is 0 Å². The van der Waals surface area contributed by atoms with E-state index in [1.54, 1.807) is 13.8 Å². The smallest absolute Gasteiger partial charge is 0.458 e. The molecule has 0 bridgehead atoms. The van der Waals surface area contributed by atoms with Crippen molar-refractivity contribution >= 4 is 29.1 Å². The molecule has 3 atom stereocenters. The summed E-state index contributed by atoms with van der Waals surface area (Å²) in [6.45, 7) is 11.1. The molecule has 1 aliphatic rings. The van der Waals surface area contributed by atoms with Crippen LogP contribution in [0.1, 0.15) is 66.0 Å². The first-order valence-corrected chi connectivity index (χ1v) is 13.0. The van der Waals surface area contributed by atoms with E-state index >= 15 is 0 Å². The van der Waals surface area contributed by atoms with E-state index in [4.69, 9.17) is 31.1 Å². The van der Waals surface area contributed by atoms with Gasteiger partial charge in [-0.3, -0.25) is 9.36 Å². The van der Waals surface area contributed by atoms with E-state index < -0.39 is 48.7 Å². The van der Waals surface area contributed by atoms with Crippen LogP contribution in [-0.4, -0.2) is 56.6 Å². The van der Waals surface area contributed by atoms with Crippen molar-refractivity contribution in [1.82, 2.24) is 19.5 Å². The van der Waals surface area contributed by atoms with E-state index in [0.29, 0.717) is 6.42 Å². The molecule has 39 heavy (non-hydrogen) atoms. The number of ether oxygens (including phenoxy) is 4. The first kappa shape index (κ1) is 29.8. The summed E-state index contributed by atoms with van der Waals surface area (Å²) >= 11 is 0. The maximum Gasteiger partial charge on any atom is 0.508 e. The number of imidazole rings is 1. The van der Waals surface area contributed by atoms with Crippen LogP contribution in [0.4, 0.5) is 15.0 Å². The Morgan fingerprint density at radius 1 is 1.38 bits per heavy atom. The third-order valence-electron chi connectivity index (χ3n) is 7.32. The number of fused-ring (bicyclic) bond motifs is 1. The number of nitrogens with two attached hydrogens (primary N) is 1. The van der Waals surface area contributed by atoms with E-state index in [1.165, 1.54) is 10.9 Å². The van der Waals surface area contributed by atoms with Gasteiger partial charge in [-0.2, -0.15) is 14.4 Å². The van der Waals surface area contributed by atoms with E-state index in [0.717, 1.165) is 19.3 Å². The topological polar surface area (TPSA) is 141 Å². The molecular weight excluding hydrogens is 509 g/mol. The maximum atomic E-state index is 13.9. The second-order valence-corrected chi connectivity index (χ2v) is 9.96. The molecule has 0 saturated carbocycles. The Kier molecular flexibility index (Phi) is 9.50. The standard InChI is InChI=1S/C27H36FN5O6/c1-7-11-26(8-2,9-3)12-13-36-25(35)37-15-27(10-4)18(38-23(34)17(5)6)14-19(39-27)33-16-30-20-21(29)31-24(28)32-22(20)33/h4,7,16-19H,1,8-9,11-15H2,2-3,5-6H3,(H2,29,31,32)/t18-,19+,27+/m0/s1. The summed E-state index contributed by atoms with van der Waals surface area (Å²) in [7, 11) is 0. The second kappa shape index (κ2) is 12.4. The van der Waals surface area contributed by atoms with Crippen molar-refractivity contribution in [3.05, 3.63) is 25.1 Å². The van der Waals surface area contributed by atoms with Crippen LogP contribution in [0, 0.1) is 29.8 Å². The van der Waals surface area contributed by atoms with Gasteiger partial charge in [-0.25, -0.2) is 9.78 Å². The van der Waals surface area contributed by atoms with Crippen molar-refractivity contribution < 1.29 is 32.9 Å². The number of carbonyl (C=O) groups is 2. The molecule has 0 amide bonds. The van der Waals surface area contributed by atoms with Gasteiger partial charge in [0.2, 0.25) is 5.60 Å². The molecule has 0 unspecified atom stereocenters. The van der Waals surface area contributed by atoms with Gasteiger partial charge in [0.1, 0.15) is 18.9 Å². The monoisotopic (exact) mass is 545 g/mol. The summed E-state index contributed by atoms with van der Waals surface area (Å²) in [6.07, 6.45) is 8.54. The van der Waals surface area contributed by atoms with Crippen LogP contribution in [0.2, 0.25) is 0 Å². The van der Waals surface area contributed by atoms with Crippen molar-refractivity contribution in [2.45, 2.75) is 77.7 Å². The molecule has 2 aromatic rings. The summed E-state index contributed by atoms with van der Waals surface area (Å²) in [5, 5.41) is 0. The average Bonchev–Trinajstić information content (AvgIpc) is 3.48. The number of terminal acetylenes is 1. The molecule has 0 aromatic carbocycles. The van der Waals surface area contributed by atoms with Crippen LogP contribution in [0.3, 0.4) is 0 Å². The highest BCUT2D eigenvalue weighted by atomic mass is 19.1. The van der Waals surface area contributed by atoms with Gasteiger partial charge < -0.3 is 24.7 Å². The van der Waals surface area contributed by atoms with E-state index in [9.17, 15) is 14.0 Å². The van der Waals surface area contributed by atoms with Gasteiger partial charge >= 0.3 is 18.2 Å². The number of anilines is 1. The number of aromatic nitrogens is 4. The fourth-order valence-corrected chi connectivity index (χ4v) is 4.61. The zero-order valence-corrected chi connectivity index (χ0v) is 22.8.